The molecule has 0 aliphatic rings. The number of methoxy groups -OCH3 is 1. The van der Waals surface area contributed by atoms with Crippen LogP contribution in [0.2, 0.25) is 0 Å². The summed E-state index contributed by atoms with van der Waals surface area (Å²) in [5, 5.41) is 10.1. The fourth-order valence-corrected chi connectivity index (χ4v) is 2.65. The van der Waals surface area contributed by atoms with Gasteiger partial charge in [0.15, 0.2) is 11.6 Å². The molecule has 2 heterocycles. The van der Waals surface area contributed by atoms with Crippen LogP contribution in [0.15, 0.2) is 70.0 Å². The quantitative estimate of drug-likeness (QED) is 0.378. The van der Waals surface area contributed by atoms with Crippen molar-refractivity contribution in [2.75, 3.05) is 24.3 Å². The Morgan fingerprint density at radius 3 is 2.79 bits per heavy atom. The molecule has 3 rings (SSSR count). The summed E-state index contributed by atoms with van der Waals surface area (Å²) in [6.07, 6.45) is 3.54. The van der Waals surface area contributed by atoms with Gasteiger partial charge in [-0.25, -0.2) is 4.98 Å². The Hall–Kier alpha value is -3.13. The van der Waals surface area contributed by atoms with E-state index < -0.39 is 0 Å². The number of anilines is 3. The monoisotopic (exact) mass is 441 g/mol. The molecule has 0 fully saturated rings. The Morgan fingerprint density at radius 2 is 2.11 bits per heavy atom. The minimum atomic E-state index is 0.409. The number of rotatable bonds is 8. The van der Waals surface area contributed by atoms with Gasteiger partial charge in [-0.2, -0.15) is 4.98 Å². The summed E-state index contributed by atoms with van der Waals surface area (Å²) in [4.78, 5) is 8.72. The zero-order valence-corrected chi connectivity index (χ0v) is 17.2. The number of benzene rings is 1. The lowest BCUT2D eigenvalue weighted by molar-refractivity contribution is 0.290. The number of halogens is 1. The number of ether oxygens (including phenoxy) is 1. The van der Waals surface area contributed by atoms with Crippen LogP contribution in [0.5, 0.6) is 0 Å². The number of aryl methyl sites for hydroxylation is 1. The maximum atomic E-state index is 5.45. The van der Waals surface area contributed by atoms with Crippen LogP contribution < -0.4 is 10.6 Å². The highest BCUT2D eigenvalue weighted by molar-refractivity contribution is 9.10. The van der Waals surface area contributed by atoms with Gasteiger partial charge in [-0.15, -0.1) is 0 Å². The van der Waals surface area contributed by atoms with Crippen LogP contribution in [0.3, 0.4) is 0 Å². The van der Waals surface area contributed by atoms with Crippen LogP contribution in [0.4, 0.5) is 17.6 Å². The maximum Gasteiger partial charge on any atom is 0.225 e. The standard InChI is InChI=1S/C20H20BrN5O2/c1-13(15-7-5-4-6-8-15)9-16(27-3)11-22-20-23-12-17(21)19(25-20)24-18-10-14(2)28-26-18/h4-10,12H,1,11H2,2-3H3,(H2,22,23,24,25,26)/b16-9-. The van der Waals surface area contributed by atoms with E-state index in [0.717, 1.165) is 11.1 Å². The normalized spacial score (nSPS) is 11.2. The van der Waals surface area contributed by atoms with E-state index in [0.29, 0.717) is 40.1 Å². The molecular formula is C20H20BrN5O2. The number of hydrogen-bond acceptors (Lipinski definition) is 7. The van der Waals surface area contributed by atoms with Gasteiger partial charge in [0.1, 0.15) is 11.5 Å². The van der Waals surface area contributed by atoms with Gasteiger partial charge >= 0.3 is 0 Å². The van der Waals surface area contributed by atoms with Gasteiger partial charge in [-0.05, 0) is 40.1 Å². The van der Waals surface area contributed by atoms with E-state index in [9.17, 15) is 0 Å². The first kappa shape index (κ1) is 19.6. The predicted octanol–water partition coefficient (Wildman–Crippen LogP) is 4.93. The average Bonchev–Trinajstić information content (AvgIpc) is 3.12. The number of allylic oxidation sites excluding steroid dienone is 2. The molecule has 0 unspecified atom stereocenters. The van der Waals surface area contributed by atoms with E-state index in [1.807, 2.05) is 43.3 Å². The smallest absolute Gasteiger partial charge is 0.225 e. The summed E-state index contributed by atoms with van der Waals surface area (Å²) in [7, 11) is 1.62. The fourth-order valence-electron chi connectivity index (χ4n) is 2.36. The first-order chi connectivity index (χ1) is 13.5. The maximum absolute atomic E-state index is 5.45. The molecule has 0 spiro atoms. The highest BCUT2D eigenvalue weighted by Gasteiger charge is 2.09. The van der Waals surface area contributed by atoms with Gasteiger partial charge in [-0.1, -0.05) is 42.1 Å². The molecule has 1 aromatic carbocycles. The molecule has 2 N–H and O–H groups in total. The third-order valence-electron chi connectivity index (χ3n) is 3.78. The Labute approximate surface area is 171 Å². The van der Waals surface area contributed by atoms with E-state index in [1.54, 1.807) is 19.4 Å². The van der Waals surface area contributed by atoms with Crippen LogP contribution in [0.25, 0.3) is 5.57 Å². The molecule has 7 nitrogen and oxygen atoms in total. The topological polar surface area (TPSA) is 85.1 Å². The molecule has 0 amide bonds. The number of nitrogens with zero attached hydrogens (tertiary/aromatic N) is 3. The van der Waals surface area contributed by atoms with Crippen molar-refractivity contribution in [3.63, 3.8) is 0 Å². The summed E-state index contributed by atoms with van der Waals surface area (Å²) < 4.78 is 11.2. The SMILES string of the molecule is C=C(/C=C(/CNc1ncc(Br)c(Nc2cc(C)on2)n1)OC)c1ccccc1. The van der Waals surface area contributed by atoms with Crippen LogP contribution in [0, 0.1) is 6.92 Å². The van der Waals surface area contributed by atoms with Crippen molar-refractivity contribution in [2.24, 2.45) is 0 Å². The number of nitrogens with one attached hydrogen (secondary N) is 2. The average molecular weight is 442 g/mol. The Kier molecular flexibility index (Phi) is 6.44. The molecule has 8 heteroatoms. The van der Waals surface area contributed by atoms with Gasteiger partial charge in [-0.3, -0.25) is 0 Å². The molecule has 28 heavy (non-hydrogen) atoms. The van der Waals surface area contributed by atoms with Crippen molar-refractivity contribution in [1.82, 2.24) is 15.1 Å². The lowest BCUT2D eigenvalue weighted by Crippen LogP contribution is -2.10. The highest BCUT2D eigenvalue weighted by atomic mass is 79.9. The summed E-state index contributed by atoms with van der Waals surface area (Å²) in [5.41, 5.74) is 1.89. The second-order valence-corrected chi connectivity index (χ2v) is 6.75. The molecule has 0 saturated heterocycles. The largest absolute Gasteiger partial charge is 0.499 e. The fraction of sp³-hybridized carbons (Fsp3) is 0.150. The highest BCUT2D eigenvalue weighted by Crippen LogP contribution is 2.24. The Balaban J connectivity index is 1.68. The molecule has 0 atom stereocenters. The minimum Gasteiger partial charge on any atom is -0.499 e. The molecular weight excluding hydrogens is 422 g/mol. The minimum absolute atomic E-state index is 0.409. The zero-order valence-electron chi connectivity index (χ0n) is 15.6. The van der Waals surface area contributed by atoms with Gasteiger partial charge in [0, 0.05) is 12.3 Å². The molecule has 0 aliphatic heterocycles. The van der Waals surface area contributed by atoms with Crippen molar-refractivity contribution in [1.29, 1.82) is 0 Å². The number of hydrogen-bond donors (Lipinski definition) is 2. The van der Waals surface area contributed by atoms with Gasteiger partial charge < -0.3 is 19.9 Å². The lowest BCUT2D eigenvalue weighted by atomic mass is 10.1. The molecule has 144 valence electrons. The third-order valence-corrected chi connectivity index (χ3v) is 4.36. The first-order valence-electron chi connectivity index (χ1n) is 8.51. The van der Waals surface area contributed by atoms with Crippen LogP contribution in [0.1, 0.15) is 11.3 Å². The second-order valence-electron chi connectivity index (χ2n) is 5.90. The molecule has 0 bridgehead atoms. The lowest BCUT2D eigenvalue weighted by Gasteiger charge is -2.11. The van der Waals surface area contributed by atoms with Gasteiger partial charge in [0.05, 0.1) is 18.1 Å². The van der Waals surface area contributed by atoms with E-state index >= 15 is 0 Å². The molecule has 0 radical (unpaired) electrons. The van der Waals surface area contributed by atoms with Gasteiger partial charge in [0.2, 0.25) is 5.95 Å². The zero-order chi connectivity index (χ0) is 19.9. The molecule has 0 aliphatic carbocycles. The predicted molar refractivity (Wildman–Crippen MR) is 113 cm³/mol. The van der Waals surface area contributed by atoms with Crippen molar-refractivity contribution in [2.45, 2.75) is 6.92 Å². The second kappa shape index (κ2) is 9.18. The van der Waals surface area contributed by atoms with E-state index in [-0.39, 0.29) is 0 Å². The van der Waals surface area contributed by atoms with Crippen molar-refractivity contribution in [3.8, 4) is 0 Å². The Morgan fingerprint density at radius 1 is 1.32 bits per heavy atom. The van der Waals surface area contributed by atoms with Crippen LogP contribution >= 0.6 is 15.9 Å². The van der Waals surface area contributed by atoms with Crippen molar-refractivity contribution < 1.29 is 9.26 Å². The van der Waals surface area contributed by atoms with Gasteiger partial charge in [0.25, 0.3) is 0 Å². The molecule has 2 aromatic heterocycles. The summed E-state index contributed by atoms with van der Waals surface area (Å²) >= 11 is 3.43. The van der Waals surface area contributed by atoms with E-state index in [1.165, 1.54) is 0 Å². The van der Waals surface area contributed by atoms with E-state index in [4.69, 9.17) is 9.26 Å². The molecule has 3 aromatic rings. The van der Waals surface area contributed by atoms with E-state index in [2.05, 4.69) is 48.3 Å². The number of aromatic nitrogens is 3. The first-order valence-corrected chi connectivity index (χ1v) is 9.30. The van der Waals surface area contributed by atoms with Crippen molar-refractivity contribution >= 4 is 39.1 Å². The molecule has 0 saturated carbocycles. The third kappa shape index (κ3) is 5.20. The van der Waals surface area contributed by atoms with Crippen LogP contribution in [-0.2, 0) is 4.74 Å². The summed E-state index contributed by atoms with van der Waals surface area (Å²) in [6.45, 7) is 6.33. The summed E-state index contributed by atoms with van der Waals surface area (Å²) in [5.74, 6) is 3.00. The van der Waals surface area contributed by atoms with Crippen LogP contribution in [-0.4, -0.2) is 28.8 Å². The Bertz CT molecular complexity index is 985. The summed E-state index contributed by atoms with van der Waals surface area (Å²) in [6, 6.07) is 11.7. The van der Waals surface area contributed by atoms with Crippen molar-refractivity contribution in [3.05, 3.63) is 76.8 Å².